The zero-order valence-electron chi connectivity index (χ0n) is 11.5. The molecule has 18 heavy (non-hydrogen) atoms. The third kappa shape index (κ3) is 1.45. The second-order valence-corrected chi connectivity index (χ2v) is 5.09. The van der Waals surface area contributed by atoms with Gasteiger partial charge in [-0.15, -0.1) is 0 Å². The van der Waals surface area contributed by atoms with Gasteiger partial charge in [0.05, 0.1) is 27.7 Å². The van der Waals surface area contributed by atoms with Crippen LogP contribution in [0.2, 0.25) is 0 Å². The zero-order chi connectivity index (χ0) is 12.9. The Bertz CT molecular complexity index is 733. The van der Waals surface area contributed by atoms with Crippen LogP contribution in [-0.4, -0.2) is 9.13 Å². The molecule has 0 amide bonds. The normalized spacial score (nSPS) is 11.8. The number of hydrogen-bond acceptors (Lipinski definition) is 0. The van der Waals surface area contributed by atoms with Crippen molar-refractivity contribution in [2.24, 2.45) is 21.1 Å². The van der Waals surface area contributed by atoms with Crippen LogP contribution >= 0.6 is 0 Å². The Balaban J connectivity index is 2.41. The van der Waals surface area contributed by atoms with E-state index in [2.05, 4.69) is 71.1 Å². The average molecular weight is 244 g/mol. The summed E-state index contributed by atoms with van der Waals surface area (Å²) in [7, 11) is 6.31. The molecule has 3 aromatic rings. The first-order chi connectivity index (χ1) is 8.61. The summed E-state index contributed by atoms with van der Waals surface area (Å²) >= 11 is 0. The van der Waals surface area contributed by atoms with Crippen molar-refractivity contribution in [1.29, 1.82) is 0 Å². The molecule has 2 heterocycles. The van der Waals surface area contributed by atoms with Crippen molar-refractivity contribution >= 4 is 22.1 Å². The fraction of sp³-hybridized carbons (Fsp3) is 0.429. The van der Waals surface area contributed by atoms with E-state index in [0.29, 0.717) is 0 Å². The lowest BCUT2D eigenvalue weighted by Gasteiger charge is -1.93. The second kappa shape index (κ2) is 3.83. The SMILES string of the molecule is CCCn1c[n+](C)c2cc3c(cc21)n(C)c[n+]3C. The highest BCUT2D eigenvalue weighted by Gasteiger charge is 2.19. The summed E-state index contributed by atoms with van der Waals surface area (Å²) in [6.07, 6.45) is 5.46. The van der Waals surface area contributed by atoms with Crippen LogP contribution in [-0.2, 0) is 27.7 Å². The van der Waals surface area contributed by atoms with Gasteiger partial charge >= 0.3 is 0 Å². The van der Waals surface area contributed by atoms with E-state index in [0.717, 1.165) is 13.0 Å². The standard InChI is InChI=1S/C14H20N4/c1-5-6-18-10-17(4)13-7-11-12(8-14(13)18)16(3)9-15(11)2/h7-10H,5-6H2,1-4H3/q+2. The Hall–Kier alpha value is -1.84. The summed E-state index contributed by atoms with van der Waals surface area (Å²) < 4.78 is 8.89. The summed E-state index contributed by atoms with van der Waals surface area (Å²) in [5.41, 5.74) is 5.15. The number of benzene rings is 1. The molecule has 0 bridgehead atoms. The number of imidazole rings is 2. The van der Waals surface area contributed by atoms with Crippen LogP contribution in [0, 0.1) is 0 Å². The molecule has 0 aliphatic carbocycles. The summed E-state index contributed by atoms with van der Waals surface area (Å²) in [5.74, 6) is 0. The van der Waals surface area contributed by atoms with Gasteiger partial charge in [-0.3, -0.25) is 0 Å². The van der Waals surface area contributed by atoms with Crippen LogP contribution in [0.4, 0.5) is 0 Å². The smallest absolute Gasteiger partial charge is 0.232 e. The minimum Gasteiger partial charge on any atom is -0.232 e. The van der Waals surface area contributed by atoms with Gasteiger partial charge in [-0.25, -0.2) is 18.3 Å². The predicted molar refractivity (Wildman–Crippen MR) is 71.1 cm³/mol. The van der Waals surface area contributed by atoms with Crippen LogP contribution < -0.4 is 9.13 Å². The first-order valence-electron chi connectivity index (χ1n) is 6.45. The molecule has 0 fully saturated rings. The summed E-state index contributed by atoms with van der Waals surface area (Å²) in [5, 5.41) is 0. The molecule has 0 radical (unpaired) electrons. The number of aromatic nitrogens is 4. The van der Waals surface area contributed by atoms with E-state index in [-0.39, 0.29) is 0 Å². The Morgan fingerprint density at radius 3 is 2.39 bits per heavy atom. The van der Waals surface area contributed by atoms with E-state index < -0.39 is 0 Å². The number of fused-ring (bicyclic) bond motifs is 2. The topological polar surface area (TPSA) is 17.6 Å². The highest BCUT2D eigenvalue weighted by atomic mass is 15.1. The van der Waals surface area contributed by atoms with Gasteiger partial charge in [0.15, 0.2) is 22.1 Å². The monoisotopic (exact) mass is 244 g/mol. The van der Waals surface area contributed by atoms with Crippen LogP contribution in [0.5, 0.6) is 0 Å². The molecular weight excluding hydrogens is 224 g/mol. The summed E-state index contributed by atoms with van der Waals surface area (Å²) in [6, 6.07) is 4.57. The number of rotatable bonds is 2. The number of hydrogen-bond donors (Lipinski definition) is 0. The van der Waals surface area contributed by atoms with E-state index in [1.165, 1.54) is 22.1 Å². The minimum absolute atomic E-state index is 1.07. The van der Waals surface area contributed by atoms with Crippen molar-refractivity contribution in [3.05, 3.63) is 24.8 Å². The van der Waals surface area contributed by atoms with Gasteiger partial charge in [0.1, 0.15) is 0 Å². The van der Waals surface area contributed by atoms with E-state index in [1.54, 1.807) is 0 Å². The molecule has 0 aliphatic heterocycles. The lowest BCUT2D eigenvalue weighted by Crippen LogP contribution is -2.27. The molecule has 0 spiro atoms. The number of aryl methyl sites for hydroxylation is 4. The van der Waals surface area contributed by atoms with Crippen molar-refractivity contribution in [2.45, 2.75) is 19.9 Å². The van der Waals surface area contributed by atoms with Gasteiger partial charge in [0, 0.05) is 12.1 Å². The summed E-state index contributed by atoms with van der Waals surface area (Å²) in [4.78, 5) is 0. The van der Waals surface area contributed by atoms with Crippen molar-refractivity contribution in [1.82, 2.24) is 9.13 Å². The fourth-order valence-electron chi connectivity index (χ4n) is 2.77. The maximum atomic E-state index is 2.34. The third-order valence-corrected chi connectivity index (χ3v) is 3.64. The fourth-order valence-corrected chi connectivity index (χ4v) is 2.77. The molecule has 0 atom stereocenters. The Labute approximate surface area is 107 Å². The predicted octanol–water partition coefficient (Wildman–Crippen LogP) is 1.19. The first-order valence-corrected chi connectivity index (χ1v) is 6.45. The Kier molecular flexibility index (Phi) is 2.40. The quantitative estimate of drug-likeness (QED) is 0.603. The molecule has 1 aromatic carbocycles. The molecule has 4 heteroatoms. The lowest BCUT2D eigenvalue weighted by atomic mass is 10.2. The van der Waals surface area contributed by atoms with Crippen LogP contribution in [0.1, 0.15) is 13.3 Å². The van der Waals surface area contributed by atoms with E-state index in [1.807, 2.05) is 0 Å². The average Bonchev–Trinajstić information content (AvgIpc) is 2.79. The summed E-state index contributed by atoms with van der Waals surface area (Å²) in [6.45, 7) is 3.28. The van der Waals surface area contributed by atoms with Crippen molar-refractivity contribution in [2.75, 3.05) is 0 Å². The zero-order valence-corrected chi connectivity index (χ0v) is 11.5. The largest absolute Gasteiger partial charge is 0.244 e. The second-order valence-electron chi connectivity index (χ2n) is 5.09. The maximum absolute atomic E-state index is 2.34. The Morgan fingerprint density at radius 1 is 1.00 bits per heavy atom. The van der Waals surface area contributed by atoms with Crippen molar-refractivity contribution in [3.8, 4) is 0 Å². The lowest BCUT2D eigenvalue weighted by molar-refractivity contribution is -0.649. The molecule has 0 saturated heterocycles. The van der Waals surface area contributed by atoms with Crippen LogP contribution in [0.15, 0.2) is 24.8 Å². The minimum atomic E-state index is 1.07. The molecule has 2 aromatic heterocycles. The molecule has 0 saturated carbocycles. The van der Waals surface area contributed by atoms with Gasteiger partial charge in [0.25, 0.3) is 0 Å². The number of nitrogens with zero attached hydrogens (tertiary/aromatic N) is 4. The highest BCUT2D eigenvalue weighted by Crippen LogP contribution is 2.19. The Morgan fingerprint density at radius 2 is 1.67 bits per heavy atom. The van der Waals surface area contributed by atoms with Gasteiger partial charge in [0.2, 0.25) is 12.7 Å². The van der Waals surface area contributed by atoms with Gasteiger partial charge in [-0.1, -0.05) is 6.92 Å². The van der Waals surface area contributed by atoms with Gasteiger partial charge in [-0.05, 0) is 6.42 Å². The first kappa shape index (κ1) is 11.3. The molecule has 4 nitrogen and oxygen atoms in total. The molecule has 0 N–H and O–H groups in total. The molecule has 0 aliphatic rings. The third-order valence-electron chi connectivity index (χ3n) is 3.64. The molecular formula is C14H20N4+2. The maximum Gasteiger partial charge on any atom is 0.244 e. The van der Waals surface area contributed by atoms with Gasteiger partial charge in [-0.2, -0.15) is 0 Å². The van der Waals surface area contributed by atoms with Crippen molar-refractivity contribution < 1.29 is 9.13 Å². The van der Waals surface area contributed by atoms with Crippen LogP contribution in [0.25, 0.3) is 22.1 Å². The van der Waals surface area contributed by atoms with Crippen LogP contribution in [0.3, 0.4) is 0 Å². The molecule has 94 valence electrons. The molecule has 0 unspecified atom stereocenters. The highest BCUT2D eigenvalue weighted by molar-refractivity contribution is 5.88. The van der Waals surface area contributed by atoms with E-state index in [9.17, 15) is 0 Å². The molecule has 3 rings (SSSR count). The van der Waals surface area contributed by atoms with E-state index >= 15 is 0 Å². The van der Waals surface area contributed by atoms with Crippen molar-refractivity contribution in [3.63, 3.8) is 0 Å². The van der Waals surface area contributed by atoms with Gasteiger partial charge < -0.3 is 0 Å². The van der Waals surface area contributed by atoms with E-state index in [4.69, 9.17) is 0 Å².